The van der Waals surface area contributed by atoms with E-state index in [2.05, 4.69) is 196 Å². The van der Waals surface area contributed by atoms with Crippen molar-refractivity contribution in [3.05, 3.63) is 182 Å². The van der Waals surface area contributed by atoms with Gasteiger partial charge in [0.25, 0.3) is 0 Å². The van der Waals surface area contributed by atoms with Crippen LogP contribution in [0, 0.1) is 0 Å². The zero-order chi connectivity index (χ0) is 61.6. The van der Waals surface area contributed by atoms with Crippen molar-refractivity contribution in [1.29, 1.82) is 0 Å². The highest BCUT2D eigenvalue weighted by Gasteiger charge is 2.26. The first-order chi connectivity index (χ1) is 41.8. The number of carbonyl (C=O) groups excluding carboxylic acids is 2. The van der Waals surface area contributed by atoms with Crippen molar-refractivity contribution < 1.29 is 37.6 Å². The maximum absolute atomic E-state index is 12.8. The van der Waals surface area contributed by atoms with Gasteiger partial charge in [-0.25, -0.2) is 4.57 Å². The number of phosphoric ester groups is 1. The minimum atomic E-state index is -4.41. The molecule has 478 valence electrons. The van der Waals surface area contributed by atoms with E-state index in [-0.39, 0.29) is 32.6 Å². The highest BCUT2D eigenvalue weighted by atomic mass is 31.2. The van der Waals surface area contributed by atoms with Gasteiger partial charge in [0.05, 0.1) is 13.2 Å². The molecule has 0 heterocycles. The van der Waals surface area contributed by atoms with Crippen molar-refractivity contribution >= 4 is 19.8 Å². The van der Waals surface area contributed by atoms with Crippen LogP contribution in [0.2, 0.25) is 0 Å². The number of rotatable bonds is 60. The maximum Gasteiger partial charge on any atom is 0.472 e. The first-order valence-corrected chi connectivity index (χ1v) is 34.8. The van der Waals surface area contributed by atoms with Crippen LogP contribution in [0.15, 0.2) is 182 Å². The predicted octanol–water partition coefficient (Wildman–Crippen LogP) is 22.0. The Morgan fingerprint density at radius 3 is 0.906 bits per heavy atom. The number of hydrogen-bond donors (Lipinski definition) is 2. The molecule has 0 spiro atoms. The standard InChI is InChI=1S/C75H120NO8P/c1-3-5-7-9-11-13-15-17-19-21-23-25-27-29-31-33-35-36-38-40-42-44-46-48-50-52-54-56-58-60-62-64-66-68-75(78)84-73(72-83-85(79,80)82-70-69-76)71-81-74(77)67-65-63-61-59-57-55-53-51-49-47-45-43-41-39-37-34-32-30-28-26-24-22-20-18-16-14-12-10-8-6-4-2/h5-8,11-14,17-20,23-26,29-32,35-37,39-40,42,46,48,52,54,73H,3-4,9-10,15-16,21-22,27-28,33-34,38,41,43-45,47,49-51,53,55-72,76H2,1-2H3,(H,79,80)/b7-5-,8-6-,13-11-,14-12-,19-17-,20-18-,25-23-,26-24-,31-29-,32-30-,36-35-,39-37-,42-40-,48-46-,54-52-. The topological polar surface area (TPSA) is 134 Å². The van der Waals surface area contributed by atoms with Gasteiger partial charge in [0.2, 0.25) is 0 Å². The molecule has 2 atom stereocenters. The lowest BCUT2D eigenvalue weighted by atomic mass is 10.0. The average Bonchev–Trinajstić information content (AvgIpc) is 3.52. The molecule has 10 heteroatoms. The summed E-state index contributed by atoms with van der Waals surface area (Å²) in [5.41, 5.74) is 5.39. The molecule has 0 fully saturated rings. The molecule has 9 nitrogen and oxygen atoms in total. The summed E-state index contributed by atoms with van der Waals surface area (Å²) in [6, 6.07) is 0. The molecule has 85 heavy (non-hydrogen) atoms. The van der Waals surface area contributed by atoms with Crippen molar-refractivity contribution in [3.63, 3.8) is 0 Å². The highest BCUT2D eigenvalue weighted by Crippen LogP contribution is 2.43. The van der Waals surface area contributed by atoms with Crippen molar-refractivity contribution in [2.24, 2.45) is 5.73 Å². The van der Waals surface area contributed by atoms with Gasteiger partial charge in [-0.05, 0) is 135 Å². The molecule has 0 amide bonds. The summed E-state index contributed by atoms with van der Waals surface area (Å²) in [5.74, 6) is -0.864. The van der Waals surface area contributed by atoms with Gasteiger partial charge in [-0.3, -0.25) is 18.6 Å². The quantitative estimate of drug-likeness (QED) is 0.0264. The zero-order valence-corrected chi connectivity index (χ0v) is 54.4. The molecule has 3 N–H and O–H groups in total. The summed E-state index contributed by atoms with van der Waals surface area (Å²) in [6.45, 7) is 3.47. The first-order valence-electron chi connectivity index (χ1n) is 33.3. The number of phosphoric acid groups is 1. The molecule has 0 aliphatic carbocycles. The molecule has 0 aromatic heterocycles. The third kappa shape index (κ3) is 68.1. The molecule has 0 rings (SSSR count). The van der Waals surface area contributed by atoms with Gasteiger partial charge >= 0.3 is 19.8 Å². The summed E-state index contributed by atoms with van der Waals surface area (Å²) < 4.78 is 33.1. The molecule has 0 bridgehead atoms. The predicted molar refractivity (Wildman–Crippen MR) is 366 cm³/mol. The summed E-state index contributed by atoms with van der Waals surface area (Å²) in [4.78, 5) is 35.3. The summed E-state index contributed by atoms with van der Waals surface area (Å²) >= 11 is 0. The molecular formula is C75H120NO8P. The third-order valence-corrected chi connectivity index (χ3v) is 14.3. The smallest absolute Gasteiger partial charge is 0.462 e. The van der Waals surface area contributed by atoms with Gasteiger partial charge in [-0.1, -0.05) is 280 Å². The van der Waals surface area contributed by atoms with Crippen LogP contribution in [0.5, 0.6) is 0 Å². The van der Waals surface area contributed by atoms with Crippen LogP contribution in [-0.2, 0) is 32.7 Å². The first kappa shape index (κ1) is 80.1. The second-order valence-corrected chi connectivity index (χ2v) is 22.7. The van der Waals surface area contributed by atoms with Crippen LogP contribution in [0.1, 0.15) is 245 Å². The summed E-state index contributed by atoms with van der Waals surface area (Å²) in [6.07, 6.45) is 102. The minimum absolute atomic E-state index is 0.0399. The Morgan fingerprint density at radius 1 is 0.353 bits per heavy atom. The number of allylic oxidation sites excluding steroid dienone is 30. The Hall–Kier alpha value is -4.89. The minimum Gasteiger partial charge on any atom is -0.462 e. The molecule has 0 aliphatic heterocycles. The monoisotopic (exact) mass is 1190 g/mol. The Morgan fingerprint density at radius 2 is 0.612 bits per heavy atom. The van der Waals surface area contributed by atoms with Crippen molar-refractivity contribution in [2.75, 3.05) is 26.4 Å². The second-order valence-electron chi connectivity index (χ2n) is 21.2. The third-order valence-electron chi connectivity index (χ3n) is 13.3. The molecule has 0 aliphatic rings. The fourth-order valence-electron chi connectivity index (χ4n) is 8.46. The zero-order valence-electron chi connectivity index (χ0n) is 53.5. The molecule has 2 unspecified atom stereocenters. The molecular weight excluding hydrogens is 1070 g/mol. The van der Waals surface area contributed by atoms with E-state index in [0.29, 0.717) is 6.42 Å². The van der Waals surface area contributed by atoms with E-state index in [1.165, 1.54) is 57.8 Å². The van der Waals surface area contributed by atoms with Gasteiger partial charge < -0.3 is 20.1 Å². The Labute approximate surface area is 520 Å². The van der Waals surface area contributed by atoms with E-state index < -0.39 is 32.5 Å². The van der Waals surface area contributed by atoms with Gasteiger partial charge in [-0.2, -0.15) is 0 Å². The summed E-state index contributed by atoms with van der Waals surface area (Å²) in [7, 11) is -4.41. The lowest BCUT2D eigenvalue weighted by molar-refractivity contribution is -0.161. The van der Waals surface area contributed by atoms with E-state index in [9.17, 15) is 19.0 Å². The van der Waals surface area contributed by atoms with Crippen molar-refractivity contribution in [1.82, 2.24) is 0 Å². The van der Waals surface area contributed by atoms with Crippen LogP contribution in [-0.4, -0.2) is 49.3 Å². The number of unbranched alkanes of at least 4 members (excludes halogenated alkanes) is 17. The number of hydrogen-bond acceptors (Lipinski definition) is 8. The second kappa shape index (κ2) is 68.2. The SMILES string of the molecule is CC/C=C\C/C=C\C/C=C\C/C=C\C/C=C\C/C=C\C/C=C\C/C=C\C/C=C\CCCCCCCC(=O)OC(COC(=O)CCCCCCCCCCCCCC/C=C\C/C=C\C/C=C\C/C=C\C/C=C\C/C=C\CC)COP(=O)(O)OCCN. The number of nitrogens with two attached hydrogens (primary N) is 1. The van der Waals surface area contributed by atoms with Gasteiger partial charge in [0.1, 0.15) is 6.61 Å². The van der Waals surface area contributed by atoms with E-state index in [0.717, 1.165) is 154 Å². The Bertz CT molecular complexity index is 2040. The van der Waals surface area contributed by atoms with Crippen LogP contribution in [0.25, 0.3) is 0 Å². The van der Waals surface area contributed by atoms with E-state index in [1.807, 2.05) is 0 Å². The van der Waals surface area contributed by atoms with Crippen molar-refractivity contribution in [3.8, 4) is 0 Å². The van der Waals surface area contributed by atoms with Gasteiger partial charge in [-0.15, -0.1) is 0 Å². The largest absolute Gasteiger partial charge is 0.472 e. The lowest BCUT2D eigenvalue weighted by Crippen LogP contribution is -2.29. The Kier molecular flexibility index (Phi) is 64.3. The number of ether oxygens (including phenoxy) is 2. The fraction of sp³-hybridized carbons (Fsp3) is 0.573. The summed E-state index contributed by atoms with van der Waals surface area (Å²) in [5, 5.41) is 0. The number of carbonyl (C=O) groups is 2. The van der Waals surface area contributed by atoms with Gasteiger partial charge in [0, 0.05) is 19.4 Å². The normalized spacial score (nSPS) is 14.2. The van der Waals surface area contributed by atoms with Crippen LogP contribution in [0.4, 0.5) is 0 Å². The lowest BCUT2D eigenvalue weighted by Gasteiger charge is -2.19. The van der Waals surface area contributed by atoms with E-state index in [4.69, 9.17) is 24.3 Å². The maximum atomic E-state index is 12.8. The van der Waals surface area contributed by atoms with E-state index in [1.54, 1.807) is 0 Å². The van der Waals surface area contributed by atoms with Crippen molar-refractivity contribution in [2.45, 2.75) is 251 Å². The molecule has 0 aromatic rings. The molecule has 0 saturated carbocycles. The molecule has 0 radical (unpaired) electrons. The van der Waals surface area contributed by atoms with E-state index >= 15 is 0 Å². The molecule has 0 aromatic carbocycles. The Balaban J connectivity index is 4.04. The fourth-order valence-corrected chi connectivity index (χ4v) is 9.22. The van der Waals surface area contributed by atoms with Gasteiger partial charge in [0.15, 0.2) is 6.10 Å². The van der Waals surface area contributed by atoms with Crippen LogP contribution in [0.3, 0.4) is 0 Å². The molecule has 0 saturated heterocycles. The van der Waals surface area contributed by atoms with Crippen LogP contribution < -0.4 is 5.73 Å². The number of esters is 2. The average molecular weight is 1190 g/mol. The highest BCUT2D eigenvalue weighted by molar-refractivity contribution is 7.47. The van der Waals surface area contributed by atoms with Crippen LogP contribution >= 0.6 is 7.82 Å².